The van der Waals surface area contributed by atoms with E-state index in [1.54, 1.807) is 31.2 Å². The molecule has 3 atom stereocenters. The summed E-state index contributed by atoms with van der Waals surface area (Å²) in [5, 5.41) is 2.68. The molecule has 0 saturated heterocycles. The van der Waals surface area contributed by atoms with E-state index < -0.39 is 22.6 Å². The summed E-state index contributed by atoms with van der Waals surface area (Å²) >= 11 is 0. The van der Waals surface area contributed by atoms with Gasteiger partial charge in [0.05, 0.1) is 25.2 Å². The fraction of sp³-hybridized carbons (Fsp3) is 0.292. The van der Waals surface area contributed by atoms with Crippen LogP contribution in [0.2, 0.25) is 0 Å². The second-order valence-corrected chi connectivity index (χ2v) is 9.52. The first kappa shape index (κ1) is 23.7. The van der Waals surface area contributed by atoms with Crippen molar-refractivity contribution in [1.29, 1.82) is 0 Å². The van der Waals surface area contributed by atoms with E-state index in [9.17, 15) is 17.8 Å². The monoisotopic (exact) mass is 489 g/mol. The molecule has 2 N–H and O–H groups in total. The Labute approximate surface area is 198 Å². The second kappa shape index (κ2) is 9.46. The summed E-state index contributed by atoms with van der Waals surface area (Å²) < 4.78 is 56.1. The average Bonchev–Trinajstić information content (AvgIpc) is 3.61. The van der Waals surface area contributed by atoms with Crippen molar-refractivity contribution in [2.75, 3.05) is 24.3 Å². The minimum absolute atomic E-state index is 0.0488. The predicted molar refractivity (Wildman–Crippen MR) is 129 cm³/mol. The van der Waals surface area contributed by atoms with Crippen LogP contribution in [0, 0.1) is 18.6 Å². The summed E-state index contributed by atoms with van der Waals surface area (Å²) in [6, 6.07) is 10.5. The standard InChI is InChI=1S/C24H25F2N3O4S/c1-13-5-8-18(17(26)9-13)27-24-23(20(33-4)12-22(30)29(24)2)28-34(31)21-11-15(21)14-6-7-16(25)19(10-14)32-3/h5-10,12,15,21,27-28H,11H2,1-4H3. The van der Waals surface area contributed by atoms with Crippen molar-refractivity contribution in [3.05, 3.63) is 75.6 Å². The number of hydrogen-bond donors (Lipinski definition) is 2. The van der Waals surface area contributed by atoms with Gasteiger partial charge in [-0.2, -0.15) is 0 Å². The van der Waals surface area contributed by atoms with E-state index in [4.69, 9.17) is 9.47 Å². The number of pyridine rings is 1. The molecule has 0 spiro atoms. The van der Waals surface area contributed by atoms with E-state index in [2.05, 4.69) is 10.0 Å². The first-order valence-corrected chi connectivity index (χ1v) is 11.8. The number of benzene rings is 2. The van der Waals surface area contributed by atoms with Gasteiger partial charge in [0.25, 0.3) is 5.56 Å². The zero-order valence-electron chi connectivity index (χ0n) is 19.1. The molecular formula is C24H25F2N3O4S. The summed E-state index contributed by atoms with van der Waals surface area (Å²) in [5.41, 5.74) is 1.62. The van der Waals surface area contributed by atoms with Crippen molar-refractivity contribution < 1.29 is 22.5 Å². The number of anilines is 3. The Hall–Kier alpha value is -3.40. The molecule has 1 aliphatic rings. The number of halogens is 2. The molecule has 180 valence electrons. The van der Waals surface area contributed by atoms with Gasteiger partial charge in [-0.05, 0) is 48.7 Å². The van der Waals surface area contributed by atoms with Gasteiger partial charge in [0, 0.05) is 19.0 Å². The maximum atomic E-state index is 14.5. The Morgan fingerprint density at radius 1 is 1.03 bits per heavy atom. The lowest BCUT2D eigenvalue weighted by Gasteiger charge is -2.20. The molecule has 34 heavy (non-hydrogen) atoms. The summed E-state index contributed by atoms with van der Waals surface area (Å²) in [5.74, 6) is -0.486. The maximum absolute atomic E-state index is 14.5. The molecule has 0 aliphatic heterocycles. The van der Waals surface area contributed by atoms with Crippen molar-refractivity contribution in [2.24, 2.45) is 7.05 Å². The molecule has 10 heteroatoms. The van der Waals surface area contributed by atoms with Crippen LogP contribution < -0.4 is 25.1 Å². The van der Waals surface area contributed by atoms with Gasteiger partial charge in [-0.1, -0.05) is 12.1 Å². The number of rotatable bonds is 8. The highest BCUT2D eigenvalue weighted by Gasteiger charge is 2.44. The molecule has 3 unspecified atom stereocenters. The number of aryl methyl sites for hydroxylation is 1. The minimum atomic E-state index is -1.57. The van der Waals surface area contributed by atoms with Crippen LogP contribution in [0.4, 0.5) is 26.0 Å². The molecule has 0 amide bonds. The zero-order valence-corrected chi connectivity index (χ0v) is 20.0. The second-order valence-electron chi connectivity index (χ2n) is 8.12. The fourth-order valence-corrected chi connectivity index (χ4v) is 5.16. The molecule has 1 saturated carbocycles. The quantitative estimate of drug-likeness (QED) is 0.491. The van der Waals surface area contributed by atoms with E-state index in [1.165, 1.54) is 44.0 Å². The lowest BCUT2D eigenvalue weighted by atomic mass is 10.1. The SMILES string of the molecule is COc1cc(C2CC2S(=O)Nc2c(OC)cc(=O)n(C)c2Nc2ccc(C)cc2F)ccc1F. The third-order valence-corrected chi connectivity index (χ3v) is 7.29. The van der Waals surface area contributed by atoms with Crippen LogP contribution in [-0.2, 0) is 18.0 Å². The number of nitrogens with zero attached hydrogens (tertiary/aromatic N) is 1. The van der Waals surface area contributed by atoms with E-state index in [0.717, 1.165) is 11.1 Å². The Morgan fingerprint density at radius 2 is 1.76 bits per heavy atom. The smallest absolute Gasteiger partial charge is 0.255 e. The Kier molecular flexibility index (Phi) is 6.60. The highest BCUT2D eigenvalue weighted by molar-refractivity contribution is 7.87. The van der Waals surface area contributed by atoms with Crippen LogP contribution in [-0.4, -0.2) is 28.2 Å². The average molecular weight is 490 g/mol. The molecular weight excluding hydrogens is 464 g/mol. The van der Waals surface area contributed by atoms with Gasteiger partial charge < -0.3 is 14.8 Å². The highest BCUT2D eigenvalue weighted by atomic mass is 32.2. The van der Waals surface area contributed by atoms with Gasteiger partial charge in [0.15, 0.2) is 17.3 Å². The molecule has 1 fully saturated rings. The lowest BCUT2D eigenvalue weighted by molar-refractivity contribution is 0.386. The largest absolute Gasteiger partial charge is 0.494 e. The zero-order chi connectivity index (χ0) is 24.6. The van der Waals surface area contributed by atoms with Crippen molar-refractivity contribution in [2.45, 2.75) is 24.5 Å². The van der Waals surface area contributed by atoms with Crippen LogP contribution >= 0.6 is 0 Å². The van der Waals surface area contributed by atoms with Crippen LogP contribution in [0.25, 0.3) is 0 Å². The Morgan fingerprint density at radius 3 is 2.44 bits per heavy atom. The molecule has 1 heterocycles. The third kappa shape index (κ3) is 4.63. The highest BCUT2D eigenvalue weighted by Crippen LogP contribution is 2.46. The third-order valence-electron chi connectivity index (χ3n) is 5.81. The summed E-state index contributed by atoms with van der Waals surface area (Å²) in [4.78, 5) is 12.5. The molecule has 0 radical (unpaired) electrons. The van der Waals surface area contributed by atoms with Crippen molar-refractivity contribution in [3.63, 3.8) is 0 Å². The van der Waals surface area contributed by atoms with Crippen LogP contribution in [0.15, 0.2) is 47.3 Å². The first-order valence-electron chi connectivity index (χ1n) is 10.5. The Bertz CT molecular complexity index is 1330. The van der Waals surface area contributed by atoms with Crippen molar-refractivity contribution in [1.82, 2.24) is 4.57 Å². The number of nitrogens with one attached hydrogen (secondary N) is 2. The maximum Gasteiger partial charge on any atom is 0.255 e. The van der Waals surface area contributed by atoms with Gasteiger partial charge in [-0.15, -0.1) is 0 Å². The normalized spacial score (nSPS) is 17.7. The number of aromatic nitrogens is 1. The van der Waals surface area contributed by atoms with Crippen molar-refractivity contribution in [3.8, 4) is 11.5 Å². The van der Waals surface area contributed by atoms with Gasteiger partial charge in [0.1, 0.15) is 28.3 Å². The minimum Gasteiger partial charge on any atom is -0.494 e. The molecule has 0 bridgehead atoms. The van der Waals surface area contributed by atoms with Crippen LogP contribution in [0.3, 0.4) is 0 Å². The summed E-state index contributed by atoms with van der Waals surface area (Å²) in [6.07, 6.45) is 0.623. The van der Waals surface area contributed by atoms with Gasteiger partial charge in [-0.3, -0.25) is 14.1 Å². The van der Waals surface area contributed by atoms with E-state index in [0.29, 0.717) is 6.42 Å². The lowest BCUT2D eigenvalue weighted by Crippen LogP contribution is -2.22. The van der Waals surface area contributed by atoms with Gasteiger partial charge in [0.2, 0.25) is 0 Å². The van der Waals surface area contributed by atoms with E-state index in [1.807, 2.05) is 0 Å². The molecule has 7 nitrogen and oxygen atoms in total. The summed E-state index contributed by atoms with van der Waals surface area (Å²) in [7, 11) is 2.73. The van der Waals surface area contributed by atoms with Gasteiger partial charge >= 0.3 is 0 Å². The van der Waals surface area contributed by atoms with Crippen LogP contribution in [0.5, 0.6) is 11.5 Å². The Balaban J connectivity index is 1.63. The molecule has 1 aromatic heterocycles. The molecule has 2 aromatic carbocycles. The molecule has 3 aromatic rings. The molecule has 1 aliphatic carbocycles. The van der Waals surface area contributed by atoms with Gasteiger partial charge in [-0.25, -0.2) is 13.0 Å². The number of ether oxygens (including phenoxy) is 2. The molecule has 4 rings (SSSR count). The van der Waals surface area contributed by atoms with E-state index >= 15 is 0 Å². The fourth-order valence-electron chi connectivity index (χ4n) is 3.77. The first-order chi connectivity index (χ1) is 16.2. The van der Waals surface area contributed by atoms with Crippen LogP contribution in [0.1, 0.15) is 23.5 Å². The van der Waals surface area contributed by atoms with Crippen molar-refractivity contribution >= 4 is 28.2 Å². The summed E-state index contributed by atoms with van der Waals surface area (Å²) in [6.45, 7) is 1.77. The van der Waals surface area contributed by atoms with E-state index in [-0.39, 0.29) is 45.4 Å². The predicted octanol–water partition coefficient (Wildman–Crippen LogP) is 4.36. The number of hydrogen-bond acceptors (Lipinski definition) is 5. The topological polar surface area (TPSA) is 81.6 Å². The number of methoxy groups -OCH3 is 2.